The summed E-state index contributed by atoms with van der Waals surface area (Å²) in [5.74, 6) is -0.784. The van der Waals surface area contributed by atoms with E-state index in [2.05, 4.69) is 15.6 Å². The van der Waals surface area contributed by atoms with Crippen molar-refractivity contribution in [3.05, 3.63) is 81.3 Å². The number of anilines is 1. The molecule has 3 heterocycles. The first-order valence-corrected chi connectivity index (χ1v) is 17.3. The summed E-state index contributed by atoms with van der Waals surface area (Å²) in [5.41, 5.74) is 2.42. The summed E-state index contributed by atoms with van der Waals surface area (Å²) in [6.07, 6.45) is 3.97. The van der Waals surface area contributed by atoms with E-state index in [0.717, 1.165) is 59.1 Å². The number of hydrogen-bond donors (Lipinski definition) is 3. The van der Waals surface area contributed by atoms with Gasteiger partial charge in [-0.25, -0.2) is 13.4 Å². The second kappa shape index (κ2) is 13.1. The molecular formula is C31H39N5O5S2. The number of carbonyl (C=O) groups is 2. The van der Waals surface area contributed by atoms with E-state index in [9.17, 15) is 23.1 Å². The van der Waals surface area contributed by atoms with E-state index in [0.29, 0.717) is 13.0 Å². The molecule has 2 saturated heterocycles. The van der Waals surface area contributed by atoms with E-state index in [1.54, 1.807) is 4.90 Å². The number of hydrogen-bond acceptors (Lipinski definition) is 8. The molecule has 230 valence electrons. The molecule has 0 radical (unpaired) electrons. The monoisotopic (exact) mass is 625 g/mol. The topological polar surface area (TPSA) is 132 Å². The number of carbonyl (C=O) groups excluding carboxylic acids is 2. The lowest BCUT2D eigenvalue weighted by molar-refractivity contribution is 0.0733. The van der Waals surface area contributed by atoms with Crippen LogP contribution in [0.1, 0.15) is 68.7 Å². The van der Waals surface area contributed by atoms with Gasteiger partial charge in [-0.05, 0) is 69.3 Å². The number of rotatable bonds is 10. The molecule has 5 rings (SSSR count). The quantitative estimate of drug-likeness (QED) is 0.315. The third kappa shape index (κ3) is 7.26. The van der Waals surface area contributed by atoms with Crippen molar-refractivity contribution in [2.24, 2.45) is 0 Å². The van der Waals surface area contributed by atoms with Gasteiger partial charge in [-0.1, -0.05) is 30.3 Å². The third-order valence-corrected chi connectivity index (χ3v) is 10.5. The minimum absolute atomic E-state index is 0.141. The van der Waals surface area contributed by atoms with Crippen molar-refractivity contribution in [2.45, 2.75) is 63.3 Å². The second-order valence-corrected chi connectivity index (χ2v) is 14.3. The zero-order valence-electron chi connectivity index (χ0n) is 24.7. The average molecular weight is 626 g/mol. The Kier molecular flexibility index (Phi) is 9.50. The molecule has 0 bridgehead atoms. The molecule has 2 aliphatic rings. The van der Waals surface area contributed by atoms with Gasteiger partial charge in [0, 0.05) is 41.8 Å². The van der Waals surface area contributed by atoms with Crippen molar-refractivity contribution in [1.29, 1.82) is 0 Å². The molecule has 10 nitrogen and oxygen atoms in total. The Morgan fingerprint density at radius 3 is 2.56 bits per heavy atom. The van der Waals surface area contributed by atoms with E-state index in [4.69, 9.17) is 0 Å². The smallest absolute Gasteiger partial charge is 0.254 e. The predicted molar refractivity (Wildman–Crippen MR) is 168 cm³/mol. The van der Waals surface area contributed by atoms with Gasteiger partial charge in [0.05, 0.1) is 30.1 Å². The normalized spacial score (nSPS) is 20.1. The maximum absolute atomic E-state index is 13.9. The van der Waals surface area contributed by atoms with Crippen molar-refractivity contribution in [3.63, 3.8) is 0 Å². The highest BCUT2D eigenvalue weighted by Crippen LogP contribution is 2.35. The summed E-state index contributed by atoms with van der Waals surface area (Å²) in [7, 11) is -2.28. The molecule has 43 heavy (non-hydrogen) atoms. The number of aliphatic hydroxyl groups is 1. The van der Waals surface area contributed by atoms with E-state index in [1.165, 1.54) is 36.6 Å². The lowest BCUT2D eigenvalue weighted by Crippen LogP contribution is -2.52. The van der Waals surface area contributed by atoms with Crippen molar-refractivity contribution < 1.29 is 23.1 Å². The summed E-state index contributed by atoms with van der Waals surface area (Å²) in [6, 6.07) is 13.2. The van der Waals surface area contributed by atoms with Crippen LogP contribution in [0.15, 0.2) is 53.9 Å². The van der Waals surface area contributed by atoms with Crippen molar-refractivity contribution in [1.82, 2.24) is 20.5 Å². The fourth-order valence-corrected chi connectivity index (χ4v) is 7.29. The van der Waals surface area contributed by atoms with Gasteiger partial charge in [-0.2, -0.15) is 0 Å². The summed E-state index contributed by atoms with van der Waals surface area (Å²) in [4.78, 5) is 34.1. The van der Waals surface area contributed by atoms with Crippen LogP contribution >= 0.6 is 11.3 Å². The average Bonchev–Trinajstić information content (AvgIpc) is 3.78. The number of thiazole rings is 1. The van der Waals surface area contributed by atoms with Crippen LogP contribution in [0.5, 0.6) is 0 Å². The van der Waals surface area contributed by atoms with Crippen LogP contribution in [0, 0.1) is 6.92 Å². The van der Waals surface area contributed by atoms with Gasteiger partial charge in [0.25, 0.3) is 11.8 Å². The Morgan fingerprint density at radius 1 is 1.16 bits per heavy atom. The minimum Gasteiger partial charge on any atom is -0.389 e. The van der Waals surface area contributed by atoms with Crippen LogP contribution in [0.25, 0.3) is 0 Å². The van der Waals surface area contributed by atoms with E-state index in [-0.39, 0.29) is 34.8 Å². The predicted octanol–water partition coefficient (Wildman–Crippen LogP) is 3.28. The number of nitrogens with one attached hydrogen (secondary N) is 2. The lowest BCUT2D eigenvalue weighted by Gasteiger charge is -2.29. The number of sulfonamides is 1. The van der Waals surface area contributed by atoms with Gasteiger partial charge in [0.1, 0.15) is 5.01 Å². The number of aryl methyl sites for hydroxylation is 1. The second-order valence-electron chi connectivity index (χ2n) is 11.4. The molecule has 0 aliphatic carbocycles. The molecule has 2 aromatic carbocycles. The number of likely N-dealkylation sites (tertiary alicyclic amines) is 1. The first-order chi connectivity index (χ1) is 20.5. The first-order valence-electron chi connectivity index (χ1n) is 14.6. The SMILES string of the molecule is Cc1csc(C2CCCN2C(=O)c2cc(C(=O)N[C@@H](Cc3ccccc3)[C@H](O)[C@H]3CCCN3)cc(N(C)S(C)(=O)=O)c2)n1. The molecule has 12 heteroatoms. The molecule has 1 unspecified atom stereocenters. The Labute approximate surface area is 257 Å². The van der Waals surface area contributed by atoms with E-state index >= 15 is 0 Å². The van der Waals surface area contributed by atoms with Gasteiger partial charge in [0.2, 0.25) is 10.0 Å². The molecular weight excluding hydrogens is 587 g/mol. The maximum atomic E-state index is 13.9. The van der Waals surface area contributed by atoms with Gasteiger partial charge in [-0.3, -0.25) is 13.9 Å². The molecule has 2 amide bonds. The number of nitrogens with zero attached hydrogens (tertiary/aromatic N) is 3. The molecule has 2 aliphatic heterocycles. The van der Waals surface area contributed by atoms with Gasteiger partial charge < -0.3 is 20.6 Å². The highest BCUT2D eigenvalue weighted by molar-refractivity contribution is 7.92. The van der Waals surface area contributed by atoms with Crippen molar-refractivity contribution in [3.8, 4) is 0 Å². The molecule has 3 aromatic rings. The Bertz CT molecular complexity index is 1560. The first kappa shape index (κ1) is 31.1. The standard InChI is InChI=1S/C31H39N5O5S2/c1-20-19-42-30(33-20)27-12-8-14-36(27)31(39)23-16-22(17-24(18-23)35(2)43(3,40)41)29(38)34-26(15-21-9-5-4-6-10-21)28(37)25-11-7-13-32-25/h4-6,9-10,16-19,25-28,32,37H,7-8,11-15H2,1-3H3,(H,34,38)/t25-,26+,27?,28-/m1/s1. The van der Waals surface area contributed by atoms with Crippen molar-refractivity contribution in [2.75, 3.05) is 30.7 Å². The highest BCUT2D eigenvalue weighted by Gasteiger charge is 2.34. The van der Waals surface area contributed by atoms with Gasteiger partial charge >= 0.3 is 0 Å². The molecule has 1 aromatic heterocycles. The number of benzene rings is 2. The van der Waals surface area contributed by atoms with E-state index in [1.807, 2.05) is 42.6 Å². The molecule has 2 fully saturated rings. The van der Waals surface area contributed by atoms with Crippen LogP contribution in [0.2, 0.25) is 0 Å². The number of amides is 2. The minimum atomic E-state index is -3.68. The van der Waals surface area contributed by atoms with Gasteiger partial charge in [-0.15, -0.1) is 11.3 Å². The summed E-state index contributed by atoms with van der Waals surface area (Å²) < 4.78 is 26.0. The van der Waals surface area contributed by atoms with E-state index < -0.39 is 28.1 Å². The van der Waals surface area contributed by atoms with Crippen LogP contribution in [-0.4, -0.2) is 79.8 Å². The summed E-state index contributed by atoms with van der Waals surface area (Å²) in [6.45, 7) is 3.26. The highest BCUT2D eigenvalue weighted by atomic mass is 32.2. The summed E-state index contributed by atoms with van der Waals surface area (Å²) >= 11 is 1.52. The zero-order chi connectivity index (χ0) is 30.7. The lowest BCUT2D eigenvalue weighted by atomic mass is 9.95. The number of aromatic nitrogens is 1. The van der Waals surface area contributed by atoms with Crippen LogP contribution in [0.3, 0.4) is 0 Å². The Balaban J connectivity index is 1.47. The summed E-state index contributed by atoms with van der Waals surface area (Å²) in [5, 5.41) is 20.5. The molecule has 0 spiro atoms. The third-order valence-electron chi connectivity index (χ3n) is 8.26. The molecule has 3 N–H and O–H groups in total. The van der Waals surface area contributed by atoms with Gasteiger partial charge in [0.15, 0.2) is 0 Å². The van der Waals surface area contributed by atoms with Crippen LogP contribution in [-0.2, 0) is 16.4 Å². The Hall–Kier alpha value is -3.32. The fourth-order valence-electron chi connectivity index (χ4n) is 5.86. The fraction of sp³-hybridized carbons (Fsp3) is 0.452. The molecule has 4 atom stereocenters. The van der Waals surface area contributed by atoms with Crippen molar-refractivity contribution >= 4 is 38.9 Å². The zero-order valence-corrected chi connectivity index (χ0v) is 26.3. The number of aliphatic hydroxyl groups excluding tert-OH is 1. The molecule has 0 saturated carbocycles. The Morgan fingerprint density at radius 2 is 1.91 bits per heavy atom. The van der Waals surface area contributed by atoms with Crippen LogP contribution < -0.4 is 14.9 Å². The maximum Gasteiger partial charge on any atom is 0.254 e. The van der Waals surface area contributed by atoms with Crippen LogP contribution in [0.4, 0.5) is 5.69 Å². The largest absolute Gasteiger partial charge is 0.389 e.